The molecule has 0 radical (unpaired) electrons. The van der Waals surface area contributed by atoms with Gasteiger partial charge in [0.15, 0.2) is 5.11 Å². The maximum Gasteiger partial charge on any atom is 0.175 e. The Morgan fingerprint density at radius 2 is 1.64 bits per heavy atom. The summed E-state index contributed by atoms with van der Waals surface area (Å²) >= 11 is 5.53. The van der Waals surface area contributed by atoms with Gasteiger partial charge in [0, 0.05) is 34.0 Å². The Balaban J connectivity index is 1.62. The van der Waals surface area contributed by atoms with Gasteiger partial charge in [-0.05, 0) is 62.5 Å². The number of thiocarbonyl (C=S) groups is 1. The number of nitrogens with one attached hydrogen (secondary N) is 2. The van der Waals surface area contributed by atoms with Gasteiger partial charge < -0.3 is 19.9 Å². The van der Waals surface area contributed by atoms with Crippen molar-refractivity contribution in [3.63, 3.8) is 0 Å². The summed E-state index contributed by atoms with van der Waals surface area (Å²) in [5.74, 6) is 0.788. The molecule has 2 N–H and O–H groups in total. The molecule has 0 atom stereocenters. The van der Waals surface area contributed by atoms with Gasteiger partial charge in [0.2, 0.25) is 0 Å². The summed E-state index contributed by atoms with van der Waals surface area (Å²) in [4.78, 5) is 0. The number of para-hydroxylation sites is 3. The minimum Gasteiger partial charge on any atom is -0.492 e. The van der Waals surface area contributed by atoms with Gasteiger partial charge in [-0.2, -0.15) is 0 Å². The predicted octanol–water partition coefficient (Wildman–Crippen LogP) is 6.02. The molecule has 4 nitrogen and oxygen atoms in total. The first-order chi connectivity index (χ1) is 13.7. The monoisotopic (exact) mass is 389 g/mol. The Kier molecular flexibility index (Phi) is 5.17. The van der Waals surface area contributed by atoms with E-state index >= 15 is 0 Å². The van der Waals surface area contributed by atoms with E-state index in [0.29, 0.717) is 11.7 Å². The highest BCUT2D eigenvalue weighted by molar-refractivity contribution is 7.80. The maximum atomic E-state index is 5.66. The fourth-order valence-electron chi connectivity index (χ4n) is 3.61. The van der Waals surface area contributed by atoms with Crippen molar-refractivity contribution < 1.29 is 4.74 Å². The molecule has 142 valence electrons. The van der Waals surface area contributed by atoms with Crippen LogP contribution >= 0.6 is 12.2 Å². The van der Waals surface area contributed by atoms with E-state index < -0.39 is 0 Å². The number of benzene rings is 3. The molecule has 0 aliphatic rings. The third kappa shape index (κ3) is 3.41. The lowest BCUT2D eigenvalue weighted by atomic mass is 10.1. The van der Waals surface area contributed by atoms with Crippen molar-refractivity contribution in [3.8, 4) is 5.75 Å². The molecule has 0 amide bonds. The quantitative estimate of drug-likeness (QED) is 0.409. The lowest BCUT2D eigenvalue weighted by molar-refractivity contribution is 0.342. The van der Waals surface area contributed by atoms with Gasteiger partial charge in [-0.25, -0.2) is 0 Å². The van der Waals surface area contributed by atoms with E-state index in [1.165, 1.54) is 21.8 Å². The van der Waals surface area contributed by atoms with Gasteiger partial charge in [0.1, 0.15) is 5.75 Å². The summed E-state index contributed by atoms with van der Waals surface area (Å²) in [7, 11) is 0. The molecule has 4 aromatic rings. The van der Waals surface area contributed by atoms with Crippen LogP contribution in [0.3, 0.4) is 0 Å². The summed E-state index contributed by atoms with van der Waals surface area (Å²) < 4.78 is 7.99. The number of fused-ring (bicyclic) bond motifs is 3. The molecule has 0 bridgehead atoms. The zero-order chi connectivity index (χ0) is 19.5. The van der Waals surface area contributed by atoms with Crippen LogP contribution in [0.25, 0.3) is 21.8 Å². The molecule has 28 heavy (non-hydrogen) atoms. The highest BCUT2D eigenvalue weighted by Crippen LogP contribution is 2.31. The summed E-state index contributed by atoms with van der Waals surface area (Å²) in [6.07, 6.45) is 0. The minimum atomic E-state index is 0.533. The van der Waals surface area contributed by atoms with Gasteiger partial charge in [0.05, 0.1) is 12.3 Å². The number of aryl methyl sites for hydroxylation is 1. The number of aromatic nitrogens is 1. The summed E-state index contributed by atoms with van der Waals surface area (Å²) in [5, 5.41) is 9.54. The number of rotatable bonds is 5. The average molecular weight is 390 g/mol. The first-order valence-electron chi connectivity index (χ1n) is 9.52. The van der Waals surface area contributed by atoms with Crippen molar-refractivity contribution in [1.29, 1.82) is 0 Å². The van der Waals surface area contributed by atoms with E-state index in [1.54, 1.807) is 0 Å². The van der Waals surface area contributed by atoms with Crippen molar-refractivity contribution in [2.24, 2.45) is 0 Å². The molecule has 0 saturated heterocycles. The minimum absolute atomic E-state index is 0.533. The van der Waals surface area contributed by atoms with Gasteiger partial charge in [-0.1, -0.05) is 30.3 Å². The van der Waals surface area contributed by atoms with Crippen LogP contribution in [0.1, 0.15) is 13.8 Å². The van der Waals surface area contributed by atoms with Crippen LogP contribution in [0.2, 0.25) is 0 Å². The Labute approximate surface area is 170 Å². The third-order valence-corrected chi connectivity index (χ3v) is 4.99. The summed E-state index contributed by atoms with van der Waals surface area (Å²) in [6.45, 7) is 5.68. The highest BCUT2D eigenvalue weighted by atomic mass is 32.1. The normalized spacial score (nSPS) is 10.9. The van der Waals surface area contributed by atoms with E-state index in [1.807, 2.05) is 31.2 Å². The maximum absolute atomic E-state index is 5.66. The van der Waals surface area contributed by atoms with E-state index in [4.69, 9.17) is 17.0 Å². The lowest BCUT2D eigenvalue weighted by Gasteiger charge is -2.14. The van der Waals surface area contributed by atoms with Gasteiger partial charge >= 0.3 is 0 Å². The summed E-state index contributed by atoms with van der Waals surface area (Å²) in [5.41, 5.74) is 4.29. The topological polar surface area (TPSA) is 38.2 Å². The standard InChI is InChI=1S/C23H23N3OS/c1-3-26-20-11-7-5-9-17(20)18-15-16(13-14-21(18)26)24-23(28)25-19-10-6-8-12-22(19)27-4-2/h5-15H,3-4H2,1-2H3,(H2,24,25,28). The molecule has 4 rings (SSSR count). The lowest BCUT2D eigenvalue weighted by Crippen LogP contribution is -2.19. The second-order valence-corrected chi connectivity index (χ2v) is 6.91. The number of hydrogen-bond acceptors (Lipinski definition) is 2. The molecule has 5 heteroatoms. The molecule has 0 aliphatic carbocycles. The van der Waals surface area contributed by atoms with E-state index in [0.717, 1.165) is 23.7 Å². The Bertz CT molecular complexity index is 1150. The van der Waals surface area contributed by atoms with Crippen LogP contribution in [0.15, 0.2) is 66.7 Å². The molecular formula is C23H23N3OS. The smallest absolute Gasteiger partial charge is 0.175 e. The fraction of sp³-hybridized carbons (Fsp3) is 0.174. The zero-order valence-corrected chi connectivity index (χ0v) is 16.8. The van der Waals surface area contributed by atoms with Crippen LogP contribution in [0.5, 0.6) is 5.75 Å². The number of nitrogens with zero attached hydrogens (tertiary/aromatic N) is 1. The van der Waals surface area contributed by atoms with Crippen molar-refractivity contribution in [1.82, 2.24) is 4.57 Å². The fourth-order valence-corrected chi connectivity index (χ4v) is 3.84. The van der Waals surface area contributed by atoms with Crippen molar-refractivity contribution >= 4 is 50.5 Å². The zero-order valence-electron chi connectivity index (χ0n) is 16.0. The molecule has 1 heterocycles. The van der Waals surface area contributed by atoms with Crippen molar-refractivity contribution in [2.75, 3.05) is 17.2 Å². The predicted molar refractivity (Wildman–Crippen MR) is 123 cm³/mol. The Morgan fingerprint density at radius 1 is 0.893 bits per heavy atom. The Morgan fingerprint density at radius 3 is 2.46 bits per heavy atom. The SMILES string of the molecule is CCOc1ccccc1NC(=S)Nc1ccc2c(c1)c1ccccc1n2CC. The van der Waals surface area contributed by atoms with E-state index in [9.17, 15) is 0 Å². The third-order valence-electron chi connectivity index (χ3n) is 4.78. The molecule has 0 saturated carbocycles. The van der Waals surface area contributed by atoms with Gasteiger partial charge in [-0.3, -0.25) is 0 Å². The molecule has 1 aromatic heterocycles. The van der Waals surface area contributed by atoms with Crippen molar-refractivity contribution in [2.45, 2.75) is 20.4 Å². The number of hydrogen-bond donors (Lipinski definition) is 2. The highest BCUT2D eigenvalue weighted by Gasteiger charge is 2.10. The van der Waals surface area contributed by atoms with Crippen LogP contribution in [0, 0.1) is 0 Å². The largest absolute Gasteiger partial charge is 0.492 e. The molecule has 0 aliphatic heterocycles. The van der Waals surface area contributed by atoms with Crippen LogP contribution in [-0.2, 0) is 6.54 Å². The first-order valence-corrected chi connectivity index (χ1v) is 9.93. The van der Waals surface area contributed by atoms with Crippen LogP contribution in [0.4, 0.5) is 11.4 Å². The average Bonchev–Trinajstić information content (AvgIpc) is 3.03. The van der Waals surface area contributed by atoms with E-state index in [2.05, 4.69) is 64.6 Å². The second-order valence-electron chi connectivity index (χ2n) is 6.50. The molecule has 3 aromatic carbocycles. The van der Waals surface area contributed by atoms with E-state index in [-0.39, 0.29) is 0 Å². The molecule has 0 fully saturated rings. The number of ether oxygens (including phenoxy) is 1. The summed E-state index contributed by atoms with van der Waals surface area (Å²) in [6, 6.07) is 22.7. The van der Waals surface area contributed by atoms with Crippen LogP contribution < -0.4 is 15.4 Å². The van der Waals surface area contributed by atoms with Crippen LogP contribution in [-0.4, -0.2) is 16.3 Å². The molecule has 0 unspecified atom stereocenters. The number of anilines is 2. The first kappa shape index (κ1) is 18.3. The Hall–Kier alpha value is -3.05. The van der Waals surface area contributed by atoms with Crippen molar-refractivity contribution in [3.05, 3.63) is 66.7 Å². The van der Waals surface area contributed by atoms with Gasteiger partial charge in [0.25, 0.3) is 0 Å². The molecule has 0 spiro atoms. The molecular weight excluding hydrogens is 366 g/mol. The van der Waals surface area contributed by atoms with Gasteiger partial charge in [-0.15, -0.1) is 0 Å². The second kappa shape index (κ2) is 7.90.